The summed E-state index contributed by atoms with van der Waals surface area (Å²) in [6.45, 7) is 8.22. The molecule has 0 aliphatic rings. The number of hydrogen-bond acceptors (Lipinski definition) is 4. The summed E-state index contributed by atoms with van der Waals surface area (Å²) < 4.78 is 5.17. The lowest BCUT2D eigenvalue weighted by Crippen LogP contribution is -2.46. The Morgan fingerprint density at radius 1 is 1.09 bits per heavy atom. The summed E-state index contributed by atoms with van der Waals surface area (Å²) in [5, 5.41) is 5.19. The Bertz CT molecular complexity index is 561. The molecule has 0 heterocycles. The molecule has 0 aliphatic carbocycles. The third-order valence-corrected chi connectivity index (χ3v) is 2.80. The van der Waals surface area contributed by atoms with Crippen LogP contribution in [0.1, 0.15) is 40.2 Å². The predicted octanol–water partition coefficient (Wildman–Crippen LogP) is 2.58. The minimum absolute atomic E-state index is 0.183. The molecule has 0 aromatic heterocycles. The summed E-state index contributed by atoms with van der Waals surface area (Å²) in [6.07, 6.45) is -0.0299. The van der Waals surface area contributed by atoms with E-state index in [-0.39, 0.29) is 5.91 Å². The van der Waals surface area contributed by atoms with Crippen molar-refractivity contribution in [3.05, 3.63) is 29.8 Å². The van der Waals surface area contributed by atoms with E-state index >= 15 is 0 Å². The molecular weight excluding hydrogens is 284 g/mol. The fraction of sp³-hybridized carbons (Fsp3) is 0.438. The molecule has 0 bridgehead atoms. The fourth-order valence-electron chi connectivity index (χ4n) is 1.79. The molecule has 22 heavy (non-hydrogen) atoms. The van der Waals surface area contributed by atoms with Crippen LogP contribution in [0.5, 0.6) is 0 Å². The Balaban J connectivity index is 2.91. The third kappa shape index (κ3) is 5.20. The summed E-state index contributed by atoms with van der Waals surface area (Å²) in [7, 11) is 0. The molecule has 0 fully saturated rings. The molecule has 2 amide bonds. The van der Waals surface area contributed by atoms with Crippen LogP contribution < -0.4 is 10.6 Å². The minimum atomic E-state index is -1.21. The van der Waals surface area contributed by atoms with E-state index in [0.717, 1.165) is 0 Å². The first kappa shape index (κ1) is 17.7. The van der Waals surface area contributed by atoms with Crippen LogP contribution in [-0.4, -0.2) is 23.9 Å². The minimum Gasteiger partial charge on any atom is -0.444 e. The molecule has 0 aliphatic heterocycles. The highest BCUT2D eigenvalue weighted by Crippen LogP contribution is 2.21. The maximum atomic E-state index is 11.9. The van der Waals surface area contributed by atoms with Gasteiger partial charge in [-0.15, -0.1) is 0 Å². The van der Waals surface area contributed by atoms with Gasteiger partial charge in [-0.25, -0.2) is 4.79 Å². The van der Waals surface area contributed by atoms with Crippen molar-refractivity contribution in [3.63, 3.8) is 0 Å². The number of carbonyl (C=O) groups is 3. The van der Waals surface area contributed by atoms with Crippen LogP contribution in [0.2, 0.25) is 0 Å². The molecule has 1 aromatic carbocycles. The molecule has 1 unspecified atom stereocenters. The summed E-state index contributed by atoms with van der Waals surface area (Å²) in [6, 6.07) is 6.65. The smallest absolute Gasteiger partial charge is 0.408 e. The normalized spacial score (nSPS) is 13.7. The van der Waals surface area contributed by atoms with Crippen molar-refractivity contribution in [3.8, 4) is 0 Å². The Kier molecular flexibility index (Phi) is 5.30. The zero-order valence-electron chi connectivity index (χ0n) is 13.5. The number of alkyl carbamates (subject to hydrolysis) is 1. The SMILES string of the molecule is CC(=O)Nc1ccc(C(C)(C=O)NC(=O)OC(C)(C)C)cc1. The lowest BCUT2D eigenvalue weighted by atomic mass is 9.93. The van der Waals surface area contributed by atoms with Gasteiger partial charge >= 0.3 is 6.09 Å². The van der Waals surface area contributed by atoms with Crippen LogP contribution in [-0.2, 0) is 19.9 Å². The van der Waals surface area contributed by atoms with Gasteiger partial charge in [-0.3, -0.25) is 4.79 Å². The van der Waals surface area contributed by atoms with Crippen LogP contribution in [0.3, 0.4) is 0 Å². The van der Waals surface area contributed by atoms with E-state index < -0.39 is 17.2 Å². The van der Waals surface area contributed by atoms with Crippen molar-refractivity contribution in [2.75, 3.05) is 5.32 Å². The molecule has 0 radical (unpaired) electrons. The lowest BCUT2D eigenvalue weighted by molar-refractivity contribution is -0.114. The van der Waals surface area contributed by atoms with Gasteiger partial charge in [0.2, 0.25) is 5.91 Å². The number of hydrogen-bond donors (Lipinski definition) is 2. The maximum absolute atomic E-state index is 11.9. The van der Waals surface area contributed by atoms with Crippen LogP contribution in [0.4, 0.5) is 10.5 Å². The number of benzene rings is 1. The highest BCUT2D eigenvalue weighted by atomic mass is 16.6. The van der Waals surface area contributed by atoms with E-state index in [9.17, 15) is 14.4 Å². The molecule has 0 spiro atoms. The monoisotopic (exact) mass is 306 g/mol. The summed E-state index contributed by atoms with van der Waals surface area (Å²) in [4.78, 5) is 34.3. The fourth-order valence-corrected chi connectivity index (χ4v) is 1.79. The zero-order chi connectivity index (χ0) is 17.0. The highest BCUT2D eigenvalue weighted by Gasteiger charge is 2.30. The average Bonchev–Trinajstić information content (AvgIpc) is 2.36. The molecule has 1 atom stereocenters. The van der Waals surface area contributed by atoms with Crippen molar-refractivity contribution >= 4 is 24.0 Å². The second-order valence-electron chi connectivity index (χ2n) is 6.21. The van der Waals surface area contributed by atoms with E-state index in [1.807, 2.05) is 0 Å². The second-order valence-corrected chi connectivity index (χ2v) is 6.21. The Labute approximate surface area is 130 Å². The number of nitrogens with one attached hydrogen (secondary N) is 2. The Morgan fingerprint density at radius 3 is 2.05 bits per heavy atom. The van der Waals surface area contributed by atoms with Crippen molar-refractivity contribution in [1.82, 2.24) is 5.32 Å². The number of aldehydes is 1. The van der Waals surface area contributed by atoms with Crippen molar-refractivity contribution < 1.29 is 19.1 Å². The second kappa shape index (κ2) is 6.60. The molecular formula is C16H22N2O4. The number of carbonyl (C=O) groups excluding carboxylic acids is 3. The number of ether oxygens (including phenoxy) is 1. The van der Waals surface area contributed by atoms with Gasteiger partial charge in [0.05, 0.1) is 0 Å². The molecule has 6 nitrogen and oxygen atoms in total. The lowest BCUT2D eigenvalue weighted by Gasteiger charge is -2.28. The Hall–Kier alpha value is -2.37. The first-order chi connectivity index (χ1) is 10.1. The van der Waals surface area contributed by atoms with Gasteiger partial charge < -0.3 is 20.2 Å². The Morgan fingerprint density at radius 2 is 1.64 bits per heavy atom. The molecule has 0 saturated carbocycles. The predicted molar refractivity (Wildman–Crippen MR) is 83.5 cm³/mol. The molecule has 0 saturated heterocycles. The van der Waals surface area contributed by atoms with Gasteiger partial charge in [-0.2, -0.15) is 0 Å². The molecule has 1 rings (SSSR count). The highest BCUT2D eigenvalue weighted by molar-refractivity contribution is 5.88. The van der Waals surface area contributed by atoms with Gasteiger partial charge in [0.15, 0.2) is 0 Å². The molecule has 6 heteroatoms. The van der Waals surface area contributed by atoms with Gasteiger partial charge in [0.25, 0.3) is 0 Å². The van der Waals surface area contributed by atoms with Gasteiger partial charge in [-0.05, 0) is 45.4 Å². The first-order valence-corrected chi connectivity index (χ1v) is 6.91. The number of anilines is 1. The molecule has 1 aromatic rings. The van der Waals surface area contributed by atoms with Crippen LogP contribution in [0, 0.1) is 0 Å². The van der Waals surface area contributed by atoms with E-state index in [0.29, 0.717) is 17.5 Å². The van der Waals surface area contributed by atoms with E-state index in [2.05, 4.69) is 10.6 Å². The van der Waals surface area contributed by atoms with E-state index in [1.54, 1.807) is 52.0 Å². The summed E-state index contributed by atoms with van der Waals surface area (Å²) >= 11 is 0. The first-order valence-electron chi connectivity index (χ1n) is 6.91. The van der Waals surface area contributed by atoms with Crippen molar-refractivity contribution in [1.29, 1.82) is 0 Å². The van der Waals surface area contributed by atoms with Gasteiger partial charge in [-0.1, -0.05) is 12.1 Å². The van der Waals surface area contributed by atoms with Crippen molar-refractivity contribution in [2.24, 2.45) is 0 Å². The molecule has 120 valence electrons. The zero-order valence-corrected chi connectivity index (χ0v) is 13.5. The van der Waals surface area contributed by atoms with E-state index in [4.69, 9.17) is 4.74 Å². The van der Waals surface area contributed by atoms with Crippen LogP contribution >= 0.6 is 0 Å². The summed E-state index contributed by atoms with van der Waals surface area (Å²) in [5.41, 5.74) is -0.663. The maximum Gasteiger partial charge on any atom is 0.408 e. The van der Waals surface area contributed by atoms with E-state index in [1.165, 1.54) is 6.92 Å². The molecule has 2 N–H and O–H groups in total. The largest absolute Gasteiger partial charge is 0.444 e. The summed E-state index contributed by atoms with van der Waals surface area (Å²) in [5.74, 6) is -0.183. The average molecular weight is 306 g/mol. The van der Waals surface area contributed by atoms with Crippen molar-refractivity contribution in [2.45, 2.75) is 45.8 Å². The van der Waals surface area contributed by atoms with Gasteiger partial charge in [0.1, 0.15) is 17.4 Å². The van der Waals surface area contributed by atoms with Gasteiger partial charge in [0, 0.05) is 12.6 Å². The number of amides is 2. The topological polar surface area (TPSA) is 84.5 Å². The quantitative estimate of drug-likeness (QED) is 0.837. The number of rotatable bonds is 4. The standard InChI is InChI=1S/C16H22N2O4/c1-11(20)17-13-8-6-12(7-9-13)16(5,10-19)18-14(21)22-15(2,3)4/h6-10H,1-5H3,(H,17,20)(H,18,21). The van der Waals surface area contributed by atoms with Crippen LogP contribution in [0.25, 0.3) is 0 Å². The third-order valence-electron chi connectivity index (χ3n) is 2.80. The van der Waals surface area contributed by atoms with Crippen LogP contribution in [0.15, 0.2) is 24.3 Å².